The van der Waals surface area contributed by atoms with Gasteiger partial charge in [-0.05, 0) is 30.3 Å². The summed E-state index contributed by atoms with van der Waals surface area (Å²) in [7, 11) is -3.38. The number of hydrogen-bond acceptors (Lipinski definition) is 4. The van der Waals surface area contributed by atoms with E-state index in [2.05, 4.69) is 20.2 Å². The fourth-order valence-corrected chi connectivity index (χ4v) is 2.65. The lowest BCUT2D eigenvalue weighted by molar-refractivity contribution is 0.584. The topological polar surface area (TPSA) is 86.9 Å². The van der Waals surface area contributed by atoms with Gasteiger partial charge in [0.2, 0.25) is 10.0 Å². The first-order valence-corrected chi connectivity index (χ1v) is 7.42. The van der Waals surface area contributed by atoms with Gasteiger partial charge in [0.05, 0.1) is 17.1 Å². The average molecular weight is 280 g/mol. The van der Waals surface area contributed by atoms with Crippen molar-refractivity contribution in [3.63, 3.8) is 0 Å². The highest BCUT2D eigenvalue weighted by atomic mass is 32.2. The summed E-state index contributed by atoms with van der Waals surface area (Å²) in [5.74, 6) is 0. The van der Waals surface area contributed by atoms with Crippen molar-refractivity contribution >= 4 is 15.7 Å². The van der Waals surface area contributed by atoms with E-state index in [1.165, 1.54) is 0 Å². The van der Waals surface area contributed by atoms with Gasteiger partial charge in [0.25, 0.3) is 0 Å². The number of aromatic amines is 1. The Morgan fingerprint density at radius 3 is 2.53 bits per heavy atom. The minimum absolute atomic E-state index is 0.265. The van der Waals surface area contributed by atoms with Crippen LogP contribution in [0.1, 0.15) is 12.6 Å². The van der Waals surface area contributed by atoms with E-state index in [0.29, 0.717) is 13.1 Å². The Balaban J connectivity index is 2.02. The summed E-state index contributed by atoms with van der Waals surface area (Å²) in [6, 6.07) is 8.50. The van der Waals surface area contributed by atoms with Gasteiger partial charge in [-0.25, -0.2) is 13.1 Å². The van der Waals surface area contributed by atoms with Gasteiger partial charge in [-0.2, -0.15) is 5.10 Å². The van der Waals surface area contributed by atoms with Crippen molar-refractivity contribution in [3.8, 4) is 0 Å². The third-order valence-corrected chi connectivity index (χ3v) is 4.10. The second-order valence-electron chi connectivity index (χ2n) is 3.96. The molecule has 3 N–H and O–H groups in total. The number of anilines is 1. The Kier molecular flexibility index (Phi) is 4.18. The maximum absolute atomic E-state index is 11.7. The minimum atomic E-state index is -3.38. The smallest absolute Gasteiger partial charge is 0.240 e. The van der Waals surface area contributed by atoms with Gasteiger partial charge in [-0.15, -0.1) is 0 Å². The lowest BCUT2D eigenvalue weighted by Gasteiger charge is -2.07. The molecule has 7 heteroatoms. The highest BCUT2D eigenvalue weighted by Gasteiger charge is 2.11. The summed E-state index contributed by atoms with van der Waals surface area (Å²) in [4.78, 5) is 0.265. The van der Waals surface area contributed by atoms with Gasteiger partial charge in [0.15, 0.2) is 0 Å². The maximum atomic E-state index is 11.7. The predicted octanol–water partition coefficient (Wildman–Crippen LogP) is 1.32. The molecule has 0 amide bonds. The van der Waals surface area contributed by atoms with E-state index in [9.17, 15) is 8.42 Å². The van der Waals surface area contributed by atoms with Crippen LogP contribution < -0.4 is 10.0 Å². The van der Waals surface area contributed by atoms with Gasteiger partial charge in [0, 0.05) is 18.4 Å². The fourth-order valence-electron chi connectivity index (χ4n) is 1.61. The molecule has 0 radical (unpaired) electrons. The lowest BCUT2D eigenvalue weighted by Crippen LogP contribution is -2.23. The molecule has 19 heavy (non-hydrogen) atoms. The van der Waals surface area contributed by atoms with Crippen LogP contribution in [0.25, 0.3) is 0 Å². The molecule has 0 saturated carbocycles. The molecule has 1 aromatic heterocycles. The van der Waals surface area contributed by atoms with Crippen molar-refractivity contribution in [1.82, 2.24) is 14.9 Å². The molecule has 0 atom stereocenters. The summed E-state index contributed by atoms with van der Waals surface area (Å²) < 4.78 is 25.9. The van der Waals surface area contributed by atoms with Crippen LogP contribution in [0.2, 0.25) is 0 Å². The zero-order chi connectivity index (χ0) is 13.7. The van der Waals surface area contributed by atoms with E-state index in [1.54, 1.807) is 37.4 Å². The maximum Gasteiger partial charge on any atom is 0.240 e. The minimum Gasteiger partial charge on any atom is -0.379 e. The number of hydrogen-bond donors (Lipinski definition) is 3. The molecule has 1 heterocycles. The van der Waals surface area contributed by atoms with Crippen LogP contribution in [0.3, 0.4) is 0 Å². The summed E-state index contributed by atoms with van der Waals surface area (Å²) in [5, 5.41) is 9.86. The lowest BCUT2D eigenvalue weighted by atomic mass is 10.3. The molecular weight excluding hydrogens is 264 g/mol. The summed E-state index contributed by atoms with van der Waals surface area (Å²) in [6.45, 7) is 2.74. The molecule has 0 saturated heterocycles. The molecule has 0 aliphatic heterocycles. The first-order chi connectivity index (χ1) is 9.12. The van der Waals surface area contributed by atoms with E-state index in [4.69, 9.17) is 0 Å². The first-order valence-electron chi connectivity index (χ1n) is 5.93. The van der Waals surface area contributed by atoms with E-state index in [1.807, 2.05) is 6.07 Å². The van der Waals surface area contributed by atoms with Crippen molar-refractivity contribution < 1.29 is 8.42 Å². The van der Waals surface area contributed by atoms with Crippen LogP contribution in [0.5, 0.6) is 0 Å². The molecule has 0 aliphatic carbocycles. The number of rotatable bonds is 6. The molecule has 0 fully saturated rings. The molecule has 1 aromatic carbocycles. The predicted molar refractivity (Wildman–Crippen MR) is 73.2 cm³/mol. The summed E-state index contributed by atoms with van der Waals surface area (Å²) >= 11 is 0. The first kappa shape index (κ1) is 13.6. The fraction of sp³-hybridized carbons (Fsp3) is 0.250. The van der Waals surface area contributed by atoms with Gasteiger partial charge < -0.3 is 5.32 Å². The van der Waals surface area contributed by atoms with E-state index < -0.39 is 10.0 Å². The number of nitrogens with one attached hydrogen (secondary N) is 3. The summed E-state index contributed by atoms with van der Waals surface area (Å²) in [6.07, 6.45) is 1.68. The quantitative estimate of drug-likeness (QED) is 0.745. The Morgan fingerprint density at radius 2 is 1.95 bits per heavy atom. The second-order valence-corrected chi connectivity index (χ2v) is 5.73. The van der Waals surface area contributed by atoms with Gasteiger partial charge in [-0.1, -0.05) is 6.92 Å². The Bertz CT molecular complexity index is 606. The van der Waals surface area contributed by atoms with Crippen LogP contribution in [-0.2, 0) is 16.6 Å². The van der Waals surface area contributed by atoms with Crippen molar-refractivity contribution in [3.05, 3.63) is 42.2 Å². The van der Waals surface area contributed by atoms with Crippen LogP contribution in [-0.4, -0.2) is 25.2 Å². The number of aromatic nitrogens is 2. The number of H-pyrrole nitrogens is 1. The second kappa shape index (κ2) is 5.85. The monoisotopic (exact) mass is 280 g/mol. The number of sulfonamides is 1. The molecule has 0 bridgehead atoms. The zero-order valence-corrected chi connectivity index (χ0v) is 11.4. The van der Waals surface area contributed by atoms with E-state index in [0.717, 1.165) is 11.4 Å². The highest BCUT2D eigenvalue weighted by Crippen LogP contribution is 2.14. The third kappa shape index (κ3) is 3.55. The van der Waals surface area contributed by atoms with Gasteiger partial charge in [-0.3, -0.25) is 5.10 Å². The highest BCUT2D eigenvalue weighted by molar-refractivity contribution is 7.89. The van der Waals surface area contributed by atoms with Crippen molar-refractivity contribution in [2.75, 3.05) is 11.9 Å². The number of benzene rings is 1. The van der Waals surface area contributed by atoms with Gasteiger partial charge >= 0.3 is 0 Å². The standard InChI is InChI=1S/C12H16N4O2S/c1-2-15-19(17,18)12-5-3-10(4-6-12)13-9-11-7-8-14-16-11/h3-8,13,15H,2,9H2,1H3,(H,14,16). The van der Waals surface area contributed by atoms with Crippen LogP contribution in [0, 0.1) is 0 Å². The van der Waals surface area contributed by atoms with Crippen LogP contribution in [0.4, 0.5) is 5.69 Å². The van der Waals surface area contributed by atoms with Crippen molar-refractivity contribution in [2.45, 2.75) is 18.4 Å². The van der Waals surface area contributed by atoms with Crippen molar-refractivity contribution in [1.29, 1.82) is 0 Å². The SMILES string of the molecule is CCNS(=O)(=O)c1ccc(NCc2ccn[nH]2)cc1. The Morgan fingerprint density at radius 1 is 1.21 bits per heavy atom. The van der Waals surface area contributed by atoms with Crippen LogP contribution in [0.15, 0.2) is 41.4 Å². The largest absolute Gasteiger partial charge is 0.379 e. The summed E-state index contributed by atoms with van der Waals surface area (Å²) in [5.41, 5.74) is 1.81. The number of nitrogens with zero attached hydrogens (tertiary/aromatic N) is 1. The molecule has 0 unspecified atom stereocenters. The zero-order valence-electron chi connectivity index (χ0n) is 10.6. The molecular formula is C12H16N4O2S. The third-order valence-electron chi connectivity index (χ3n) is 2.54. The van der Waals surface area contributed by atoms with E-state index >= 15 is 0 Å². The van der Waals surface area contributed by atoms with Crippen LogP contribution >= 0.6 is 0 Å². The molecule has 2 aromatic rings. The molecule has 102 valence electrons. The molecule has 2 rings (SSSR count). The Labute approximate surface area is 112 Å². The average Bonchev–Trinajstić information content (AvgIpc) is 2.90. The molecule has 0 spiro atoms. The van der Waals surface area contributed by atoms with E-state index in [-0.39, 0.29) is 4.90 Å². The molecule has 0 aliphatic rings. The van der Waals surface area contributed by atoms with Crippen molar-refractivity contribution in [2.24, 2.45) is 0 Å². The van der Waals surface area contributed by atoms with Gasteiger partial charge in [0.1, 0.15) is 0 Å². The Hall–Kier alpha value is -1.86. The molecule has 6 nitrogen and oxygen atoms in total. The normalized spacial score (nSPS) is 11.4.